The van der Waals surface area contributed by atoms with E-state index in [1.165, 1.54) is 6.08 Å². The van der Waals surface area contributed by atoms with E-state index >= 15 is 0 Å². The quantitative estimate of drug-likeness (QED) is 0.594. The van der Waals surface area contributed by atoms with Crippen molar-refractivity contribution in [2.45, 2.75) is 20.3 Å². The van der Waals surface area contributed by atoms with Gasteiger partial charge in [0.05, 0.1) is 16.6 Å². The van der Waals surface area contributed by atoms with E-state index in [0.717, 1.165) is 0 Å². The number of benzene rings is 1. The third kappa shape index (κ3) is 3.75. The second-order valence-corrected chi connectivity index (χ2v) is 3.78. The minimum atomic E-state index is -0.380. The molecule has 0 N–H and O–H groups in total. The van der Waals surface area contributed by atoms with E-state index in [1.54, 1.807) is 25.1 Å². The van der Waals surface area contributed by atoms with Crippen molar-refractivity contribution in [3.63, 3.8) is 0 Å². The Bertz CT molecular complexity index is 443. The number of rotatable bonds is 5. The van der Waals surface area contributed by atoms with E-state index in [4.69, 9.17) is 16.3 Å². The summed E-state index contributed by atoms with van der Waals surface area (Å²) in [6.07, 6.45) is 1.90. The fraction of sp³-hybridized carbons (Fsp3) is 0.333. The molecule has 0 amide bonds. The molecular formula is C12H14ClNO3. The molecule has 0 bridgehead atoms. The van der Waals surface area contributed by atoms with Crippen LogP contribution in [-0.4, -0.2) is 11.5 Å². The molecule has 17 heavy (non-hydrogen) atoms. The standard InChI is InChI=1S/C12H14ClNO3/c1-3-10(14(15)16)7-9-5-6-11(13)12(8-9)17-4-2/h5-8H,3-4H2,1-2H3. The highest BCUT2D eigenvalue weighted by Gasteiger charge is 2.08. The van der Waals surface area contributed by atoms with Gasteiger partial charge in [0.25, 0.3) is 0 Å². The molecule has 1 aromatic rings. The summed E-state index contributed by atoms with van der Waals surface area (Å²) < 4.78 is 5.32. The van der Waals surface area contributed by atoms with Gasteiger partial charge in [-0.05, 0) is 24.6 Å². The molecule has 0 saturated carbocycles. The van der Waals surface area contributed by atoms with Crippen molar-refractivity contribution in [3.05, 3.63) is 44.6 Å². The van der Waals surface area contributed by atoms with Crippen LogP contribution in [0.25, 0.3) is 6.08 Å². The first kappa shape index (κ1) is 13.5. The smallest absolute Gasteiger partial charge is 0.246 e. The maximum absolute atomic E-state index is 10.7. The fourth-order valence-electron chi connectivity index (χ4n) is 1.35. The Morgan fingerprint density at radius 2 is 2.24 bits per heavy atom. The van der Waals surface area contributed by atoms with Crippen molar-refractivity contribution >= 4 is 17.7 Å². The van der Waals surface area contributed by atoms with E-state index in [-0.39, 0.29) is 10.6 Å². The van der Waals surface area contributed by atoms with Crippen LogP contribution in [0.1, 0.15) is 25.8 Å². The van der Waals surface area contributed by atoms with Crippen molar-refractivity contribution in [1.29, 1.82) is 0 Å². The summed E-state index contributed by atoms with van der Waals surface area (Å²) in [5.74, 6) is 0.543. The monoisotopic (exact) mass is 255 g/mol. The average molecular weight is 256 g/mol. The van der Waals surface area contributed by atoms with Crippen molar-refractivity contribution in [3.8, 4) is 5.75 Å². The van der Waals surface area contributed by atoms with Gasteiger partial charge in [-0.15, -0.1) is 0 Å². The molecule has 5 heteroatoms. The number of allylic oxidation sites excluding steroid dienone is 1. The Morgan fingerprint density at radius 3 is 2.76 bits per heavy atom. The van der Waals surface area contributed by atoms with Gasteiger partial charge in [0.1, 0.15) is 5.75 Å². The molecule has 0 fully saturated rings. The molecule has 0 atom stereocenters. The van der Waals surface area contributed by atoms with Crippen molar-refractivity contribution in [2.75, 3.05) is 6.61 Å². The number of hydrogen-bond donors (Lipinski definition) is 0. The molecule has 0 radical (unpaired) electrons. The number of hydrogen-bond acceptors (Lipinski definition) is 3. The summed E-state index contributed by atoms with van der Waals surface area (Å²) in [4.78, 5) is 10.3. The zero-order valence-corrected chi connectivity index (χ0v) is 10.5. The average Bonchev–Trinajstić information content (AvgIpc) is 2.30. The minimum Gasteiger partial charge on any atom is -0.492 e. The van der Waals surface area contributed by atoms with E-state index in [0.29, 0.717) is 29.4 Å². The van der Waals surface area contributed by atoms with Crippen molar-refractivity contribution in [2.24, 2.45) is 0 Å². The summed E-state index contributed by atoms with van der Waals surface area (Å²) in [6.45, 7) is 4.10. The fourth-order valence-corrected chi connectivity index (χ4v) is 1.52. The Morgan fingerprint density at radius 1 is 1.53 bits per heavy atom. The van der Waals surface area contributed by atoms with Gasteiger partial charge >= 0.3 is 0 Å². The first-order valence-corrected chi connectivity index (χ1v) is 5.73. The molecule has 0 unspecified atom stereocenters. The Labute approximate surface area is 105 Å². The summed E-state index contributed by atoms with van der Waals surface area (Å²) in [5.41, 5.74) is 0.876. The molecule has 0 aliphatic heterocycles. The number of halogens is 1. The molecular weight excluding hydrogens is 242 g/mol. The first-order chi connectivity index (χ1) is 8.08. The van der Waals surface area contributed by atoms with Crippen LogP contribution < -0.4 is 4.74 Å². The Kier molecular flexibility index (Phi) is 4.97. The molecule has 4 nitrogen and oxygen atoms in total. The second-order valence-electron chi connectivity index (χ2n) is 3.37. The van der Waals surface area contributed by atoms with Gasteiger partial charge in [0.2, 0.25) is 5.70 Å². The van der Waals surface area contributed by atoms with Gasteiger partial charge in [-0.1, -0.05) is 24.6 Å². The summed E-state index contributed by atoms with van der Waals surface area (Å²) in [7, 11) is 0. The van der Waals surface area contributed by atoms with Crippen LogP contribution in [0.4, 0.5) is 0 Å². The van der Waals surface area contributed by atoms with Crippen LogP contribution >= 0.6 is 11.6 Å². The zero-order chi connectivity index (χ0) is 12.8. The van der Waals surface area contributed by atoms with E-state index in [9.17, 15) is 10.1 Å². The highest BCUT2D eigenvalue weighted by molar-refractivity contribution is 6.32. The number of nitro groups is 1. The summed E-state index contributed by atoms with van der Waals surface area (Å²) in [6, 6.07) is 5.10. The Hall–Kier alpha value is -1.55. The van der Waals surface area contributed by atoms with E-state index in [2.05, 4.69) is 0 Å². The molecule has 92 valence electrons. The van der Waals surface area contributed by atoms with Crippen molar-refractivity contribution < 1.29 is 9.66 Å². The van der Waals surface area contributed by atoms with Gasteiger partial charge in [-0.25, -0.2) is 0 Å². The molecule has 1 rings (SSSR count). The van der Waals surface area contributed by atoms with Crippen LogP contribution in [0, 0.1) is 10.1 Å². The van der Waals surface area contributed by atoms with Crippen LogP contribution in [0.5, 0.6) is 5.75 Å². The minimum absolute atomic E-state index is 0.162. The lowest BCUT2D eigenvalue weighted by molar-refractivity contribution is -0.425. The maximum Gasteiger partial charge on any atom is 0.246 e. The molecule has 0 spiro atoms. The lowest BCUT2D eigenvalue weighted by atomic mass is 10.1. The summed E-state index contributed by atoms with van der Waals surface area (Å²) >= 11 is 5.93. The molecule has 0 aromatic heterocycles. The van der Waals surface area contributed by atoms with Crippen LogP contribution in [0.2, 0.25) is 5.02 Å². The van der Waals surface area contributed by atoms with Gasteiger partial charge in [0.15, 0.2) is 0 Å². The van der Waals surface area contributed by atoms with E-state index in [1.807, 2.05) is 6.92 Å². The van der Waals surface area contributed by atoms with Crippen LogP contribution in [0.15, 0.2) is 23.9 Å². The Balaban J connectivity index is 3.07. The highest BCUT2D eigenvalue weighted by atomic mass is 35.5. The number of nitrogens with zero attached hydrogens (tertiary/aromatic N) is 1. The van der Waals surface area contributed by atoms with Crippen molar-refractivity contribution in [1.82, 2.24) is 0 Å². The van der Waals surface area contributed by atoms with Gasteiger partial charge in [-0.3, -0.25) is 10.1 Å². The predicted molar refractivity (Wildman–Crippen MR) is 67.9 cm³/mol. The summed E-state index contributed by atoms with van der Waals surface area (Å²) in [5, 5.41) is 11.2. The largest absolute Gasteiger partial charge is 0.492 e. The molecule has 0 aliphatic carbocycles. The third-order valence-electron chi connectivity index (χ3n) is 2.19. The molecule has 0 saturated heterocycles. The predicted octanol–water partition coefficient (Wildman–Crippen LogP) is 3.77. The normalized spacial score (nSPS) is 11.4. The number of ether oxygens (including phenoxy) is 1. The topological polar surface area (TPSA) is 52.4 Å². The third-order valence-corrected chi connectivity index (χ3v) is 2.50. The van der Waals surface area contributed by atoms with Crippen LogP contribution in [-0.2, 0) is 0 Å². The van der Waals surface area contributed by atoms with E-state index < -0.39 is 0 Å². The maximum atomic E-state index is 10.7. The van der Waals surface area contributed by atoms with Gasteiger partial charge < -0.3 is 4.74 Å². The lowest BCUT2D eigenvalue weighted by Gasteiger charge is -2.06. The molecule has 1 aromatic carbocycles. The molecule has 0 heterocycles. The highest BCUT2D eigenvalue weighted by Crippen LogP contribution is 2.26. The second kappa shape index (κ2) is 6.25. The van der Waals surface area contributed by atoms with Crippen LogP contribution in [0.3, 0.4) is 0 Å². The lowest BCUT2D eigenvalue weighted by Crippen LogP contribution is -1.97. The zero-order valence-electron chi connectivity index (χ0n) is 9.77. The van der Waals surface area contributed by atoms with Gasteiger partial charge in [0, 0.05) is 12.5 Å². The first-order valence-electron chi connectivity index (χ1n) is 5.35. The SMILES string of the molecule is CCOc1cc(C=C(CC)[N+](=O)[O-])ccc1Cl. The van der Waals surface area contributed by atoms with Gasteiger partial charge in [-0.2, -0.15) is 0 Å². The molecule has 0 aliphatic rings.